The van der Waals surface area contributed by atoms with E-state index in [4.69, 9.17) is 10.5 Å². The van der Waals surface area contributed by atoms with Gasteiger partial charge in [0, 0.05) is 24.5 Å². The molecule has 2 N–H and O–H groups in total. The molecule has 1 aromatic heterocycles. The van der Waals surface area contributed by atoms with Crippen LogP contribution in [0, 0.1) is 0 Å². The lowest BCUT2D eigenvalue weighted by atomic mass is 9.93. The Hall–Kier alpha value is -2.23. The smallest absolute Gasteiger partial charge is 0.361 e. The Morgan fingerprint density at radius 1 is 1.11 bits per heavy atom. The molecular weight excluding hydrogens is 372 g/mol. The largest absolute Gasteiger partial charge is 0.451 e. The monoisotopic (exact) mass is 396 g/mol. The maximum absolute atomic E-state index is 12.8. The van der Waals surface area contributed by atoms with Crippen molar-refractivity contribution in [2.24, 2.45) is 0 Å². The molecular formula is C17H24N4O5S. The molecule has 10 heteroatoms. The molecule has 0 radical (unpaired) electrons. The lowest BCUT2D eigenvalue weighted by Gasteiger charge is -2.38. The number of aromatic nitrogens is 2. The van der Waals surface area contributed by atoms with E-state index in [2.05, 4.69) is 9.97 Å². The first-order chi connectivity index (χ1) is 12.9. The Morgan fingerprint density at radius 2 is 1.81 bits per heavy atom. The minimum Gasteiger partial charge on any atom is -0.451 e. The number of rotatable bonds is 5. The first-order valence-corrected chi connectivity index (χ1v) is 10.9. The number of carbonyl (C=O) groups is 2. The number of hydrogen-bond acceptors (Lipinski definition) is 8. The van der Waals surface area contributed by atoms with Gasteiger partial charge < -0.3 is 15.4 Å². The number of carbonyl (C=O) groups excluding carboxylic acids is 2. The van der Waals surface area contributed by atoms with E-state index in [-0.39, 0.29) is 41.0 Å². The average molecular weight is 396 g/mol. The maximum Gasteiger partial charge on any atom is 0.361 e. The number of nitrogen functional groups attached to an aromatic ring is 1. The Morgan fingerprint density at radius 3 is 2.44 bits per heavy atom. The predicted octanol–water partition coefficient (Wildman–Crippen LogP) is 0.564. The molecule has 9 nitrogen and oxygen atoms in total. The van der Waals surface area contributed by atoms with Crippen molar-refractivity contribution in [3.63, 3.8) is 0 Å². The molecule has 1 aliphatic carbocycles. The highest BCUT2D eigenvalue weighted by Crippen LogP contribution is 2.28. The average Bonchev–Trinajstić information content (AvgIpc) is 3.00. The molecule has 0 aromatic carbocycles. The second kappa shape index (κ2) is 8.20. The normalized spacial score (nSPS) is 22.3. The lowest BCUT2D eigenvalue weighted by molar-refractivity contribution is -0.140. The lowest BCUT2D eigenvalue weighted by Crippen LogP contribution is -2.50. The molecule has 0 bridgehead atoms. The Kier molecular flexibility index (Phi) is 5.93. The molecule has 1 atom stereocenters. The standard InChI is InChI=1S/C17H24N4O5S/c18-16-15(19-7-8-20-16)17(23)26-10-14(22)21(12-4-2-1-3-5-12)13-6-9-27(24,25)11-13/h7-8,12-13H,1-6,9-11H2,(H2,18,20)/t13-/m1/s1. The summed E-state index contributed by atoms with van der Waals surface area (Å²) >= 11 is 0. The van der Waals surface area contributed by atoms with Crippen LogP contribution < -0.4 is 5.73 Å². The van der Waals surface area contributed by atoms with Crippen LogP contribution in [0.5, 0.6) is 0 Å². The number of hydrogen-bond donors (Lipinski definition) is 1. The van der Waals surface area contributed by atoms with Crippen molar-refractivity contribution in [3.8, 4) is 0 Å². The Labute approximate surface area is 158 Å². The van der Waals surface area contributed by atoms with Crippen LogP contribution in [-0.4, -0.2) is 65.4 Å². The zero-order chi connectivity index (χ0) is 19.4. The van der Waals surface area contributed by atoms with Crippen molar-refractivity contribution >= 4 is 27.5 Å². The topological polar surface area (TPSA) is 133 Å². The van der Waals surface area contributed by atoms with Crippen molar-refractivity contribution in [2.45, 2.75) is 50.6 Å². The second-order valence-electron chi connectivity index (χ2n) is 7.02. The van der Waals surface area contributed by atoms with E-state index in [1.54, 1.807) is 4.90 Å². The molecule has 1 aliphatic heterocycles. The Balaban J connectivity index is 1.69. The van der Waals surface area contributed by atoms with Gasteiger partial charge in [0.25, 0.3) is 5.91 Å². The van der Waals surface area contributed by atoms with E-state index in [0.717, 1.165) is 32.1 Å². The van der Waals surface area contributed by atoms with Crippen LogP contribution in [0.3, 0.4) is 0 Å². The van der Waals surface area contributed by atoms with Crippen LogP contribution in [0.2, 0.25) is 0 Å². The third kappa shape index (κ3) is 4.74. The summed E-state index contributed by atoms with van der Waals surface area (Å²) in [5.41, 5.74) is 5.46. The third-order valence-electron chi connectivity index (χ3n) is 5.10. The van der Waals surface area contributed by atoms with Crippen LogP contribution >= 0.6 is 0 Å². The first-order valence-electron chi connectivity index (χ1n) is 9.12. The van der Waals surface area contributed by atoms with Crippen LogP contribution in [0.25, 0.3) is 0 Å². The van der Waals surface area contributed by atoms with Crippen LogP contribution in [0.1, 0.15) is 49.0 Å². The van der Waals surface area contributed by atoms with E-state index < -0.39 is 22.4 Å². The summed E-state index contributed by atoms with van der Waals surface area (Å²) in [6.45, 7) is -0.470. The van der Waals surface area contributed by atoms with Gasteiger partial charge in [-0.25, -0.2) is 23.2 Å². The van der Waals surface area contributed by atoms with E-state index in [0.29, 0.717) is 6.42 Å². The number of ether oxygens (including phenoxy) is 1. The highest BCUT2D eigenvalue weighted by Gasteiger charge is 2.38. The predicted molar refractivity (Wildman–Crippen MR) is 97.5 cm³/mol. The summed E-state index contributed by atoms with van der Waals surface area (Å²) in [6.07, 6.45) is 7.89. The van der Waals surface area contributed by atoms with E-state index in [1.807, 2.05) is 0 Å². The highest BCUT2D eigenvalue weighted by molar-refractivity contribution is 7.91. The number of amides is 1. The summed E-state index contributed by atoms with van der Waals surface area (Å²) in [5.74, 6) is -1.21. The highest BCUT2D eigenvalue weighted by atomic mass is 32.2. The van der Waals surface area contributed by atoms with Gasteiger partial charge in [-0.3, -0.25) is 4.79 Å². The summed E-state index contributed by atoms with van der Waals surface area (Å²) in [7, 11) is -3.13. The minimum absolute atomic E-state index is 0.00941. The SMILES string of the molecule is Nc1nccnc1C(=O)OCC(=O)N(C1CCCCC1)[C@@H]1CCS(=O)(=O)C1. The van der Waals surface area contributed by atoms with E-state index in [1.165, 1.54) is 12.4 Å². The molecule has 2 aliphatic rings. The van der Waals surface area contributed by atoms with Crippen LogP contribution in [0.4, 0.5) is 5.82 Å². The van der Waals surface area contributed by atoms with E-state index in [9.17, 15) is 18.0 Å². The summed E-state index contributed by atoms with van der Waals surface area (Å²) in [5, 5.41) is 0. The molecule has 1 aromatic rings. The summed E-state index contributed by atoms with van der Waals surface area (Å²) in [4.78, 5) is 34.2. The molecule has 0 unspecified atom stereocenters. The van der Waals surface area contributed by atoms with Crippen molar-refractivity contribution in [3.05, 3.63) is 18.1 Å². The van der Waals surface area contributed by atoms with Crippen molar-refractivity contribution in [1.29, 1.82) is 0 Å². The molecule has 1 saturated heterocycles. The fraction of sp³-hybridized carbons (Fsp3) is 0.647. The maximum atomic E-state index is 12.8. The van der Waals surface area contributed by atoms with Gasteiger partial charge >= 0.3 is 5.97 Å². The molecule has 1 amide bonds. The van der Waals surface area contributed by atoms with Gasteiger partial charge in [-0.2, -0.15) is 0 Å². The number of esters is 1. The molecule has 3 rings (SSSR count). The van der Waals surface area contributed by atoms with Crippen molar-refractivity contribution < 1.29 is 22.7 Å². The van der Waals surface area contributed by atoms with E-state index >= 15 is 0 Å². The Bertz CT molecular complexity index is 807. The molecule has 1 saturated carbocycles. The molecule has 2 fully saturated rings. The second-order valence-corrected chi connectivity index (χ2v) is 9.24. The quantitative estimate of drug-likeness (QED) is 0.714. The number of nitrogens with two attached hydrogens (primary N) is 1. The van der Waals surface area contributed by atoms with Crippen LogP contribution in [0.15, 0.2) is 12.4 Å². The van der Waals surface area contributed by atoms with Crippen LogP contribution in [-0.2, 0) is 19.4 Å². The number of sulfone groups is 1. The summed E-state index contributed by atoms with van der Waals surface area (Å²) < 4.78 is 28.9. The van der Waals surface area contributed by atoms with Gasteiger partial charge in [-0.05, 0) is 19.3 Å². The molecule has 2 heterocycles. The fourth-order valence-corrected chi connectivity index (χ4v) is 5.55. The van der Waals surface area contributed by atoms with Crippen molar-refractivity contribution in [2.75, 3.05) is 23.8 Å². The minimum atomic E-state index is -3.13. The van der Waals surface area contributed by atoms with Gasteiger partial charge in [-0.15, -0.1) is 0 Å². The van der Waals surface area contributed by atoms with Gasteiger partial charge in [0.2, 0.25) is 0 Å². The molecule has 148 valence electrons. The van der Waals surface area contributed by atoms with Gasteiger partial charge in [0.1, 0.15) is 0 Å². The van der Waals surface area contributed by atoms with Gasteiger partial charge in [-0.1, -0.05) is 19.3 Å². The zero-order valence-electron chi connectivity index (χ0n) is 15.0. The molecule has 27 heavy (non-hydrogen) atoms. The first kappa shape index (κ1) is 19.5. The third-order valence-corrected chi connectivity index (χ3v) is 6.85. The summed E-state index contributed by atoms with van der Waals surface area (Å²) in [6, 6.07) is -0.365. The number of anilines is 1. The van der Waals surface area contributed by atoms with Gasteiger partial charge in [0.15, 0.2) is 28.0 Å². The fourth-order valence-electron chi connectivity index (χ4n) is 3.84. The number of nitrogens with zero attached hydrogens (tertiary/aromatic N) is 3. The van der Waals surface area contributed by atoms with Crippen molar-refractivity contribution in [1.82, 2.24) is 14.9 Å². The molecule has 0 spiro atoms. The van der Waals surface area contributed by atoms with Gasteiger partial charge in [0.05, 0.1) is 11.5 Å². The zero-order valence-corrected chi connectivity index (χ0v) is 15.9.